The van der Waals surface area contributed by atoms with Crippen molar-refractivity contribution in [3.63, 3.8) is 0 Å². The van der Waals surface area contributed by atoms with E-state index in [1.165, 1.54) is 133 Å². The second kappa shape index (κ2) is 81.5. The molecule has 0 spiro atoms. The Morgan fingerprint density at radius 1 is 0.369 bits per heavy atom. The van der Waals surface area contributed by atoms with Crippen LogP contribution in [0.4, 0.5) is 11.4 Å². The third-order valence-corrected chi connectivity index (χ3v) is 26.4. The number of aryl methyl sites for hydroxylation is 9. The number of carbonyl (C=O) groups is 4. The molecule has 26 heteroatoms. The molecule has 0 saturated carbocycles. The van der Waals surface area contributed by atoms with Gasteiger partial charge in [-0.05, 0) is 344 Å². The van der Waals surface area contributed by atoms with Crippen LogP contribution in [-0.2, 0) is 147 Å². The summed E-state index contributed by atoms with van der Waals surface area (Å²) in [7, 11) is 2.70. The zero-order chi connectivity index (χ0) is 106. The van der Waals surface area contributed by atoms with E-state index >= 15 is 0 Å². The number of rotatable bonds is 45. The monoisotopic (exact) mass is 2300 g/mol. The lowest BCUT2D eigenvalue weighted by Crippen LogP contribution is -2.22. The molecular formula is C123H160Br4N2O20. The minimum Gasteiger partial charge on any atom is -0.481 e. The molecule has 10 aromatic rings. The largest absolute Gasteiger partial charge is 0.481 e. The van der Waals surface area contributed by atoms with Crippen LogP contribution in [0.2, 0.25) is 0 Å². The number of esters is 2. The number of methoxy groups -OCH3 is 2. The van der Waals surface area contributed by atoms with E-state index in [2.05, 4.69) is 201 Å². The van der Waals surface area contributed by atoms with Crippen molar-refractivity contribution < 1.29 is 96.4 Å². The highest BCUT2D eigenvalue weighted by Gasteiger charge is 2.19. The van der Waals surface area contributed by atoms with Crippen LogP contribution < -0.4 is 11.1 Å². The number of halogens is 4. The molecule has 7 N–H and O–H groups in total. The maximum absolute atomic E-state index is 11.3. The van der Waals surface area contributed by atoms with E-state index in [0.717, 1.165) is 266 Å². The van der Waals surface area contributed by atoms with Gasteiger partial charge >= 0.3 is 17.9 Å². The Kier molecular flexibility index (Phi) is 69.3. The van der Waals surface area contributed by atoms with Gasteiger partial charge in [0.25, 0.3) is 0 Å². The molecule has 10 aromatic carbocycles. The molecule has 5 atom stereocenters. The predicted octanol–water partition coefficient (Wildman–Crippen LogP) is 27.0. The maximum atomic E-state index is 11.3. The summed E-state index contributed by atoms with van der Waals surface area (Å²) < 4.78 is 68.4. The van der Waals surface area contributed by atoms with Gasteiger partial charge in [-0.3, -0.25) is 9.59 Å². The minimum absolute atomic E-state index is 0.0000551. The van der Waals surface area contributed by atoms with Crippen LogP contribution in [0.15, 0.2) is 268 Å². The van der Waals surface area contributed by atoms with Gasteiger partial charge in [0.2, 0.25) is 0 Å². The predicted molar refractivity (Wildman–Crippen MR) is 611 cm³/mol. The first kappa shape index (κ1) is 127. The first-order chi connectivity index (χ1) is 72.8. The lowest BCUT2D eigenvalue weighted by Gasteiger charge is -2.22. The third kappa shape index (κ3) is 60.1. The number of alkyl halides is 1. The molecule has 0 amide bonds. The molecule has 5 heterocycles. The molecule has 5 fully saturated rings. The lowest BCUT2D eigenvalue weighted by atomic mass is 10.1. The number of ether oxygens (including phenoxy) is 12. The molecule has 15 rings (SSSR count). The fourth-order valence-corrected chi connectivity index (χ4v) is 17.8. The van der Waals surface area contributed by atoms with Crippen LogP contribution in [0.3, 0.4) is 0 Å². The Morgan fingerprint density at radius 2 is 0.685 bits per heavy atom. The standard InChI is InChI=1S/C20H23NO3.C16H24O2.C15H21BrO2.C15H22O3.C15H20O3.C14H19BrO2.C10H11NO2.C9H9BrO2.C9H11BrO/c1-24-20(23)12-11-18-9-2-3-10-19(18)21-15-17-7-4-6-16(14-17)8-5-13-22;1-2-14-7-5-8-15(13-14)9-6-12-18-16-10-3-4-11-17-16;3*16-12-14-6-3-5-13(11-14)7-4-10-18-15-8-1-2-9-17-15;15-13-7-3-5-12(11-13)6-4-10-17-14-8-1-2-9-16-14;1-13-10(12)7-6-8-4-2-3-5-9(8)11;10-8-3-1-2-7(6-8)4-5-9(11)12;10-9-5-1-3-8(7-9)4-2-6-11/h2-4,6-7,9-12,14,21-22H,5,8,13,15H2,1H3;5,7-8,13,16H,2-4,6,9-12H2,1H3;3,5-6,11,15H,1-2,4,7-10,12H2;3,5-6,11,15-16H,1-2,4,7-10,12H2;3,5-6,11-12,15H,1-2,4,7-10H2;3,5,7,11,14H,1-2,4,6,8-10H2;2-7H,11H2,1H3;1-3,6H,4-5H2,(H,11,12);1,3,5,7,11H,2,4,6H2/b12-11+;;;;;;7-6+;;. The summed E-state index contributed by atoms with van der Waals surface area (Å²) in [5.41, 5.74) is 24.8. The molecule has 5 aliphatic rings. The Labute approximate surface area is 919 Å². The number of carbonyl (C=O) groups excluding carboxylic acids is 3. The number of nitrogens with one attached hydrogen (secondary N) is 1. The van der Waals surface area contributed by atoms with Crippen molar-refractivity contribution in [1.29, 1.82) is 0 Å². The summed E-state index contributed by atoms with van der Waals surface area (Å²) in [6.45, 7) is 11.6. The van der Waals surface area contributed by atoms with Gasteiger partial charge < -0.3 is 88.3 Å². The van der Waals surface area contributed by atoms with Gasteiger partial charge in [0.1, 0.15) is 6.29 Å². The number of aliphatic hydroxyl groups is 3. The summed E-state index contributed by atoms with van der Waals surface area (Å²) in [5.74, 6) is -1.51. The average Bonchev–Trinajstić information content (AvgIpc) is 0.869. The van der Waals surface area contributed by atoms with Crippen molar-refractivity contribution >= 4 is 111 Å². The third-order valence-electron chi connectivity index (χ3n) is 24.2. The fraction of sp³-hybridized carbons (Fsp3) is 0.447. The number of aldehydes is 1. The van der Waals surface area contributed by atoms with E-state index in [4.69, 9.17) is 73.5 Å². The van der Waals surface area contributed by atoms with Gasteiger partial charge in [0.15, 0.2) is 31.5 Å². The quantitative estimate of drug-likeness (QED) is 0.00516. The van der Waals surface area contributed by atoms with Gasteiger partial charge in [-0.15, -0.1) is 0 Å². The van der Waals surface area contributed by atoms with Crippen LogP contribution in [-0.4, -0.2) is 170 Å². The number of carboxylic acids is 1. The first-order valence-corrected chi connectivity index (χ1v) is 56.4. The Morgan fingerprint density at radius 3 is 1.04 bits per heavy atom. The van der Waals surface area contributed by atoms with Crippen molar-refractivity contribution in [2.24, 2.45) is 0 Å². The molecule has 5 saturated heterocycles. The van der Waals surface area contributed by atoms with E-state index < -0.39 is 5.97 Å². The smallest absolute Gasteiger partial charge is 0.330 e. The second-order valence-electron chi connectivity index (χ2n) is 36.4. The lowest BCUT2D eigenvalue weighted by molar-refractivity contribution is -0.162. The zero-order valence-electron chi connectivity index (χ0n) is 87.5. The van der Waals surface area contributed by atoms with Crippen LogP contribution in [0.25, 0.3) is 12.2 Å². The molecule has 5 unspecified atom stereocenters. The van der Waals surface area contributed by atoms with Gasteiger partial charge in [-0.25, -0.2) is 9.59 Å². The summed E-state index contributed by atoms with van der Waals surface area (Å²) in [4.78, 5) is 42.9. The number of nitrogen functional groups attached to an aromatic ring is 1. The van der Waals surface area contributed by atoms with Gasteiger partial charge in [-0.2, -0.15) is 0 Å². The highest BCUT2D eigenvalue weighted by atomic mass is 79.9. The van der Waals surface area contributed by atoms with E-state index in [1.807, 2.05) is 121 Å². The number of anilines is 2. The number of benzene rings is 10. The number of carboxylic acid groups (broad SMARTS) is 1. The molecule has 0 bridgehead atoms. The molecule has 149 heavy (non-hydrogen) atoms. The highest BCUT2D eigenvalue weighted by molar-refractivity contribution is 9.11. The topological polar surface area (TPSA) is 298 Å². The van der Waals surface area contributed by atoms with Crippen LogP contribution in [0.1, 0.15) is 243 Å². The summed E-state index contributed by atoms with van der Waals surface area (Å²) in [5, 5.41) is 39.3. The maximum Gasteiger partial charge on any atom is 0.330 e. The number of hydrogen-bond donors (Lipinski definition) is 6. The van der Waals surface area contributed by atoms with Gasteiger partial charge in [0, 0.05) is 107 Å². The number of hydrogen-bond acceptors (Lipinski definition) is 21. The fourth-order valence-electron chi connectivity index (χ4n) is 16.2. The van der Waals surface area contributed by atoms with Crippen molar-refractivity contribution in [3.8, 4) is 0 Å². The van der Waals surface area contributed by atoms with E-state index in [1.54, 1.807) is 18.2 Å². The molecule has 22 nitrogen and oxygen atoms in total. The summed E-state index contributed by atoms with van der Waals surface area (Å²) >= 11 is 13.7. The minimum atomic E-state index is -0.755. The molecule has 0 aromatic heterocycles. The average molecular weight is 2310 g/mol. The van der Waals surface area contributed by atoms with E-state index in [0.29, 0.717) is 18.7 Å². The first-order valence-electron chi connectivity index (χ1n) is 52.9. The molecule has 810 valence electrons. The normalized spacial score (nSPS) is 16.1. The summed E-state index contributed by atoms with van der Waals surface area (Å²) in [6, 6.07) is 81.1. The summed E-state index contributed by atoms with van der Waals surface area (Å²) in [6.07, 6.45) is 40.0. The number of para-hydroxylation sites is 2. The SMILES string of the molecule is BrCc1cccc(CCCOC2CCCCO2)c1.Brc1cccc(CCCOC2CCCCO2)c1.CCc1cccc(CCCOC2CCCCO2)c1.COC(=O)/C=C/c1ccccc1N.COC(=O)/C=C/c1ccccc1NCc1cccc(CCCO)c1.O=C(O)CCc1cccc(Br)c1.O=Cc1cccc(CCCOC2CCCCO2)c1.OCCCc1cccc(Br)c1.OCc1cccc(CCCOC2CCCCO2)c1. The Balaban J connectivity index is 0.000000229. The second-order valence-corrected chi connectivity index (χ2v) is 39.7. The molecule has 5 aliphatic heterocycles. The van der Waals surface area contributed by atoms with E-state index in [9.17, 15) is 19.2 Å². The highest BCUT2D eigenvalue weighted by Crippen LogP contribution is 2.26. The number of aliphatic hydroxyl groups excluding tert-OH is 3. The number of aliphatic carboxylic acids is 1. The van der Waals surface area contributed by atoms with Crippen LogP contribution in [0.5, 0.6) is 0 Å². The van der Waals surface area contributed by atoms with Gasteiger partial charge in [-0.1, -0.05) is 259 Å². The zero-order valence-corrected chi connectivity index (χ0v) is 93.9. The van der Waals surface area contributed by atoms with Crippen molar-refractivity contribution in [2.75, 3.05) is 105 Å². The van der Waals surface area contributed by atoms with Gasteiger partial charge in [0.05, 0.1) is 53.9 Å². The van der Waals surface area contributed by atoms with Crippen LogP contribution >= 0.6 is 63.7 Å². The van der Waals surface area contributed by atoms with E-state index in [-0.39, 0.29) is 69.6 Å². The van der Waals surface area contributed by atoms with Crippen molar-refractivity contribution in [1.82, 2.24) is 0 Å². The molecule has 0 radical (unpaired) electrons. The molecule has 0 aliphatic carbocycles. The van der Waals surface area contributed by atoms with Crippen LogP contribution in [0, 0.1) is 0 Å². The molecular weight excluding hydrogens is 2140 g/mol. The van der Waals surface area contributed by atoms with Crippen molar-refractivity contribution in [3.05, 3.63) is 352 Å². The Bertz CT molecular complexity index is 5140. The number of nitrogens with two attached hydrogens (primary N) is 1. The van der Waals surface area contributed by atoms with Crippen molar-refractivity contribution in [2.45, 2.75) is 262 Å². The Hall–Kier alpha value is -9.24.